The van der Waals surface area contributed by atoms with Crippen LogP contribution in [0.4, 0.5) is 0 Å². The van der Waals surface area contributed by atoms with Gasteiger partial charge in [-0.15, -0.1) is 0 Å². The highest BCUT2D eigenvalue weighted by Gasteiger charge is 2.54. The van der Waals surface area contributed by atoms with Gasteiger partial charge in [0.05, 0.1) is 13.2 Å². The number of likely N-dealkylation sites (tertiary alicyclic amines) is 1. The Morgan fingerprint density at radius 2 is 2.03 bits per heavy atom. The molecule has 2 atom stereocenters. The fourth-order valence-corrected chi connectivity index (χ4v) is 5.07. The van der Waals surface area contributed by atoms with Crippen LogP contribution < -0.4 is 4.74 Å². The van der Waals surface area contributed by atoms with Gasteiger partial charge in [-0.05, 0) is 31.9 Å². The van der Waals surface area contributed by atoms with Crippen molar-refractivity contribution in [3.8, 4) is 5.75 Å². The molecule has 0 saturated carbocycles. The second-order valence-corrected chi connectivity index (χ2v) is 9.12. The zero-order valence-electron chi connectivity index (χ0n) is 18.1. The molecule has 1 aromatic carbocycles. The van der Waals surface area contributed by atoms with Crippen molar-refractivity contribution in [2.75, 3.05) is 72.7 Å². The second kappa shape index (κ2) is 9.64. The van der Waals surface area contributed by atoms with Gasteiger partial charge in [0.15, 0.2) is 0 Å². The van der Waals surface area contributed by atoms with E-state index in [1.165, 1.54) is 0 Å². The predicted molar refractivity (Wildman–Crippen MR) is 115 cm³/mol. The standard InChI is InChI=1S/C23H35N3O4/c1-24-9-11-25(12-10-24)8-4-13-30-21-6-3-2-5-19(21)15-26-16-20-7-14-29-18-23(20,17-26)22(27)28/h2-3,5-6,20H,4,7-18H2,1H3,(H,27,28)/t20-,23+/m0/s1. The first-order valence-corrected chi connectivity index (χ1v) is 11.2. The summed E-state index contributed by atoms with van der Waals surface area (Å²) in [6, 6.07) is 8.17. The fourth-order valence-electron chi connectivity index (χ4n) is 5.07. The molecule has 0 bridgehead atoms. The number of aliphatic carboxylic acids is 1. The minimum atomic E-state index is -0.753. The lowest BCUT2D eigenvalue weighted by Gasteiger charge is -2.34. The summed E-state index contributed by atoms with van der Waals surface area (Å²) in [6.07, 6.45) is 1.84. The third-order valence-corrected chi connectivity index (χ3v) is 7.00. The molecule has 0 unspecified atom stereocenters. The van der Waals surface area contributed by atoms with Gasteiger partial charge in [0, 0.05) is 64.5 Å². The highest BCUT2D eigenvalue weighted by Crippen LogP contribution is 2.42. The molecular formula is C23H35N3O4. The van der Waals surface area contributed by atoms with Crippen molar-refractivity contribution in [1.82, 2.24) is 14.7 Å². The van der Waals surface area contributed by atoms with E-state index < -0.39 is 11.4 Å². The zero-order valence-corrected chi connectivity index (χ0v) is 18.1. The van der Waals surface area contributed by atoms with E-state index in [1.807, 2.05) is 18.2 Å². The first kappa shape index (κ1) is 21.6. The normalized spacial score (nSPS) is 28.4. The Balaban J connectivity index is 1.30. The quantitative estimate of drug-likeness (QED) is 0.645. The number of fused-ring (bicyclic) bond motifs is 1. The van der Waals surface area contributed by atoms with Crippen molar-refractivity contribution in [2.24, 2.45) is 11.3 Å². The number of carbonyl (C=O) groups is 1. The number of likely N-dealkylation sites (N-methyl/N-ethyl adjacent to an activating group) is 1. The first-order valence-electron chi connectivity index (χ1n) is 11.2. The Kier molecular flexibility index (Phi) is 6.93. The van der Waals surface area contributed by atoms with Crippen LogP contribution >= 0.6 is 0 Å². The molecule has 7 heteroatoms. The molecule has 0 aliphatic carbocycles. The molecule has 7 nitrogen and oxygen atoms in total. The Hall–Kier alpha value is -1.67. The van der Waals surface area contributed by atoms with Gasteiger partial charge in [0.1, 0.15) is 11.2 Å². The Morgan fingerprint density at radius 1 is 1.23 bits per heavy atom. The van der Waals surface area contributed by atoms with E-state index in [9.17, 15) is 9.90 Å². The van der Waals surface area contributed by atoms with Crippen LogP contribution in [0.5, 0.6) is 5.75 Å². The van der Waals surface area contributed by atoms with Gasteiger partial charge in [-0.2, -0.15) is 0 Å². The summed E-state index contributed by atoms with van der Waals surface area (Å²) in [4.78, 5) is 19.2. The summed E-state index contributed by atoms with van der Waals surface area (Å²) in [7, 11) is 2.18. The van der Waals surface area contributed by atoms with Crippen molar-refractivity contribution in [3.05, 3.63) is 29.8 Å². The molecule has 3 aliphatic heterocycles. The van der Waals surface area contributed by atoms with E-state index >= 15 is 0 Å². The zero-order chi connectivity index (χ0) is 21.0. The maximum Gasteiger partial charge on any atom is 0.313 e. The smallest absolute Gasteiger partial charge is 0.313 e. The number of piperazine rings is 1. The number of benzene rings is 1. The predicted octanol–water partition coefficient (Wildman–Crippen LogP) is 1.63. The first-order chi connectivity index (χ1) is 14.6. The maximum absolute atomic E-state index is 12.0. The lowest BCUT2D eigenvalue weighted by Crippen LogP contribution is -2.46. The van der Waals surface area contributed by atoms with E-state index in [0.29, 0.717) is 26.4 Å². The Morgan fingerprint density at radius 3 is 2.80 bits per heavy atom. The van der Waals surface area contributed by atoms with Crippen LogP contribution in [0.1, 0.15) is 18.4 Å². The second-order valence-electron chi connectivity index (χ2n) is 9.12. The summed E-state index contributed by atoms with van der Waals surface area (Å²) in [5.74, 6) is 0.370. The Labute approximate surface area is 179 Å². The van der Waals surface area contributed by atoms with Crippen LogP contribution in [-0.2, 0) is 16.1 Å². The molecule has 1 aromatic rings. The molecule has 3 fully saturated rings. The minimum absolute atomic E-state index is 0.167. The summed E-state index contributed by atoms with van der Waals surface area (Å²) < 4.78 is 11.7. The summed E-state index contributed by atoms with van der Waals surface area (Å²) in [6.45, 7) is 9.42. The van der Waals surface area contributed by atoms with E-state index in [1.54, 1.807) is 0 Å². The van der Waals surface area contributed by atoms with Crippen LogP contribution in [0.25, 0.3) is 0 Å². The number of hydrogen-bond acceptors (Lipinski definition) is 6. The highest BCUT2D eigenvalue weighted by molar-refractivity contribution is 5.76. The number of nitrogens with zero attached hydrogens (tertiary/aromatic N) is 3. The average molecular weight is 418 g/mol. The van der Waals surface area contributed by atoms with Gasteiger partial charge in [-0.3, -0.25) is 9.69 Å². The minimum Gasteiger partial charge on any atom is -0.493 e. The molecule has 0 spiro atoms. The number of carboxylic acid groups (broad SMARTS) is 1. The lowest BCUT2D eigenvalue weighted by atomic mass is 9.76. The molecule has 3 heterocycles. The van der Waals surface area contributed by atoms with Crippen LogP contribution in [0.2, 0.25) is 0 Å². The number of hydrogen-bond donors (Lipinski definition) is 1. The van der Waals surface area contributed by atoms with Gasteiger partial charge < -0.3 is 24.4 Å². The van der Waals surface area contributed by atoms with Crippen molar-refractivity contribution in [3.63, 3.8) is 0 Å². The number of carboxylic acids is 1. The van der Waals surface area contributed by atoms with E-state index in [2.05, 4.69) is 27.8 Å². The van der Waals surface area contributed by atoms with Gasteiger partial charge in [0.25, 0.3) is 0 Å². The highest BCUT2D eigenvalue weighted by atomic mass is 16.5. The third kappa shape index (κ3) is 4.80. The lowest BCUT2D eigenvalue weighted by molar-refractivity contribution is -0.159. The van der Waals surface area contributed by atoms with E-state index in [0.717, 1.165) is 70.0 Å². The van der Waals surface area contributed by atoms with Crippen LogP contribution in [0, 0.1) is 11.3 Å². The summed E-state index contributed by atoms with van der Waals surface area (Å²) in [5.41, 5.74) is 0.383. The van der Waals surface area contributed by atoms with Gasteiger partial charge in [0.2, 0.25) is 0 Å². The number of rotatable bonds is 8. The topological polar surface area (TPSA) is 65.5 Å². The van der Waals surface area contributed by atoms with Crippen molar-refractivity contribution in [1.29, 1.82) is 0 Å². The number of para-hydroxylation sites is 1. The Bertz CT molecular complexity index is 722. The van der Waals surface area contributed by atoms with Crippen molar-refractivity contribution in [2.45, 2.75) is 19.4 Å². The summed E-state index contributed by atoms with van der Waals surface area (Å²) >= 11 is 0. The van der Waals surface area contributed by atoms with Crippen molar-refractivity contribution >= 4 is 5.97 Å². The third-order valence-electron chi connectivity index (χ3n) is 7.00. The van der Waals surface area contributed by atoms with Gasteiger partial charge in [-0.1, -0.05) is 18.2 Å². The van der Waals surface area contributed by atoms with Gasteiger partial charge >= 0.3 is 5.97 Å². The molecule has 30 heavy (non-hydrogen) atoms. The van der Waals surface area contributed by atoms with Gasteiger partial charge in [-0.25, -0.2) is 0 Å². The largest absolute Gasteiger partial charge is 0.493 e. The molecule has 0 radical (unpaired) electrons. The molecule has 1 N–H and O–H groups in total. The van der Waals surface area contributed by atoms with Crippen LogP contribution in [-0.4, -0.2) is 98.5 Å². The monoisotopic (exact) mass is 417 g/mol. The maximum atomic E-state index is 12.0. The molecule has 4 rings (SSSR count). The summed E-state index contributed by atoms with van der Waals surface area (Å²) in [5, 5.41) is 9.86. The molecule has 0 amide bonds. The van der Waals surface area contributed by atoms with E-state index in [4.69, 9.17) is 9.47 Å². The molecular weight excluding hydrogens is 382 g/mol. The molecule has 3 aliphatic rings. The molecule has 0 aromatic heterocycles. The van der Waals surface area contributed by atoms with Crippen molar-refractivity contribution < 1.29 is 19.4 Å². The SMILES string of the molecule is CN1CCN(CCCOc2ccccc2CN2C[C@@H]3CCOC[C@]3(C(=O)O)C2)CC1. The van der Waals surface area contributed by atoms with E-state index in [-0.39, 0.29) is 5.92 Å². The van der Waals surface area contributed by atoms with Crippen LogP contribution in [0.3, 0.4) is 0 Å². The molecule has 3 saturated heterocycles. The molecule has 166 valence electrons. The average Bonchev–Trinajstić information content (AvgIpc) is 3.13. The fraction of sp³-hybridized carbons (Fsp3) is 0.696. The van der Waals surface area contributed by atoms with Crippen LogP contribution in [0.15, 0.2) is 24.3 Å². The number of ether oxygens (including phenoxy) is 2.